The van der Waals surface area contributed by atoms with Gasteiger partial charge in [-0.25, -0.2) is 4.98 Å². The van der Waals surface area contributed by atoms with Crippen molar-refractivity contribution in [3.63, 3.8) is 0 Å². The van der Waals surface area contributed by atoms with Crippen molar-refractivity contribution in [2.24, 2.45) is 5.92 Å². The smallest absolute Gasteiger partial charge is 0.379 e. The Morgan fingerprint density at radius 3 is 2.67 bits per heavy atom. The average molecular weight is 304 g/mol. The molecule has 21 heavy (non-hydrogen) atoms. The van der Waals surface area contributed by atoms with Crippen molar-refractivity contribution in [1.29, 1.82) is 0 Å². The molecule has 0 amide bonds. The summed E-state index contributed by atoms with van der Waals surface area (Å²) in [7, 11) is 3.17. The lowest BCUT2D eigenvalue weighted by atomic mass is 10.3. The third-order valence-corrected chi connectivity index (χ3v) is 3.24. The molecule has 1 fully saturated rings. The van der Waals surface area contributed by atoms with E-state index in [2.05, 4.69) is 15.3 Å². The first-order chi connectivity index (χ1) is 9.90. The highest BCUT2D eigenvalue weighted by Crippen LogP contribution is 2.30. The molecule has 1 saturated carbocycles. The molecule has 1 heterocycles. The van der Waals surface area contributed by atoms with Crippen molar-refractivity contribution in [2.45, 2.75) is 19.0 Å². The Bertz CT molecular complexity index is 477. The van der Waals surface area contributed by atoms with Crippen LogP contribution in [-0.4, -0.2) is 43.8 Å². The van der Waals surface area contributed by atoms with Crippen LogP contribution in [0, 0.1) is 5.92 Å². The van der Waals surface area contributed by atoms with E-state index in [9.17, 15) is 13.2 Å². The van der Waals surface area contributed by atoms with Gasteiger partial charge < -0.3 is 15.0 Å². The van der Waals surface area contributed by atoms with Crippen LogP contribution in [-0.2, 0) is 10.9 Å². The van der Waals surface area contributed by atoms with Gasteiger partial charge in [0.05, 0.1) is 6.61 Å². The van der Waals surface area contributed by atoms with E-state index in [0.29, 0.717) is 19.1 Å². The summed E-state index contributed by atoms with van der Waals surface area (Å²) >= 11 is 0. The molecule has 5 nitrogen and oxygen atoms in total. The number of nitrogens with one attached hydrogen (secondary N) is 1. The van der Waals surface area contributed by atoms with Crippen LogP contribution >= 0.6 is 0 Å². The largest absolute Gasteiger partial charge is 0.433 e. The SMILES string of the molecule is CNc1nc(N(C)CCOCC2CC2)cc(C(F)(F)F)n1. The number of nitrogens with zero attached hydrogens (tertiary/aromatic N) is 3. The molecule has 0 spiro atoms. The number of ether oxygens (including phenoxy) is 1. The molecule has 1 aliphatic carbocycles. The van der Waals surface area contributed by atoms with Crippen molar-refractivity contribution in [2.75, 3.05) is 44.1 Å². The number of likely N-dealkylation sites (N-methyl/N-ethyl adjacent to an activating group) is 1. The molecule has 118 valence electrons. The molecule has 0 bridgehead atoms. The zero-order valence-electron chi connectivity index (χ0n) is 12.1. The highest BCUT2D eigenvalue weighted by molar-refractivity contribution is 5.44. The quantitative estimate of drug-likeness (QED) is 0.784. The number of hydrogen-bond donors (Lipinski definition) is 1. The molecule has 0 aromatic carbocycles. The molecule has 0 radical (unpaired) electrons. The predicted molar refractivity (Wildman–Crippen MR) is 73.4 cm³/mol. The molecule has 1 aromatic rings. The van der Waals surface area contributed by atoms with Gasteiger partial charge in [-0.05, 0) is 18.8 Å². The number of hydrogen-bond acceptors (Lipinski definition) is 5. The van der Waals surface area contributed by atoms with Gasteiger partial charge in [0.25, 0.3) is 0 Å². The second-order valence-corrected chi connectivity index (χ2v) is 5.12. The van der Waals surface area contributed by atoms with Gasteiger partial charge >= 0.3 is 6.18 Å². The molecule has 0 unspecified atom stereocenters. The van der Waals surface area contributed by atoms with Crippen molar-refractivity contribution in [3.05, 3.63) is 11.8 Å². The zero-order valence-corrected chi connectivity index (χ0v) is 12.1. The minimum atomic E-state index is -4.49. The molecule has 2 rings (SSSR count). The molecule has 1 aliphatic rings. The summed E-state index contributed by atoms with van der Waals surface area (Å²) in [6.07, 6.45) is -2.07. The fraction of sp³-hybridized carbons (Fsp3) is 0.692. The highest BCUT2D eigenvalue weighted by atomic mass is 19.4. The number of rotatable bonds is 7. The van der Waals surface area contributed by atoms with E-state index in [4.69, 9.17) is 4.74 Å². The topological polar surface area (TPSA) is 50.3 Å². The lowest BCUT2D eigenvalue weighted by Gasteiger charge is -2.20. The standard InChI is InChI=1S/C13H19F3N4O/c1-17-12-18-10(13(14,15)16)7-11(19-12)20(2)5-6-21-8-9-3-4-9/h7,9H,3-6,8H2,1-2H3,(H,17,18,19). The van der Waals surface area contributed by atoms with Crippen LogP contribution in [0.3, 0.4) is 0 Å². The van der Waals surface area contributed by atoms with Gasteiger partial charge in [-0.1, -0.05) is 0 Å². The summed E-state index contributed by atoms with van der Waals surface area (Å²) in [4.78, 5) is 9.10. The van der Waals surface area contributed by atoms with Gasteiger partial charge in [-0.15, -0.1) is 0 Å². The second-order valence-electron chi connectivity index (χ2n) is 5.12. The summed E-state index contributed by atoms with van der Waals surface area (Å²) in [6, 6.07) is 0.946. The van der Waals surface area contributed by atoms with Crippen molar-refractivity contribution < 1.29 is 17.9 Å². The normalized spacial score (nSPS) is 15.1. The van der Waals surface area contributed by atoms with Crippen LogP contribution in [0.4, 0.5) is 24.9 Å². The first-order valence-electron chi connectivity index (χ1n) is 6.83. The van der Waals surface area contributed by atoms with E-state index in [1.165, 1.54) is 19.9 Å². The Morgan fingerprint density at radius 2 is 2.10 bits per heavy atom. The number of alkyl halides is 3. The van der Waals surface area contributed by atoms with E-state index in [-0.39, 0.29) is 11.8 Å². The summed E-state index contributed by atoms with van der Waals surface area (Å²) in [5, 5.41) is 2.55. The van der Waals surface area contributed by atoms with E-state index < -0.39 is 11.9 Å². The predicted octanol–water partition coefficient (Wildman–Crippen LogP) is 2.40. The van der Waals surface area contributed by atoms with Gasteiger partial charge in [0.1, 0.15) is 5.82 Å². The third-order valence-electron chi connectivity index (χ3n) is 3.24. The summed E-state index contributed by atoms with van der Waals surface area (Å²) in [6.45, 7) is 1.67. The number of halogens is 3. The Balaban J connectivity index is 1.98. The van der Waals surface area contributed by atoms with Gasteiger partial charge in [-0.3, -0.25) is 0 Å². The average Bonchev–Trinajstić information content (AvgIpc) is 3.26. The van der Waals surface area contributed by atoms with Crippen LogP contribution < -0.4 is 10.2 Å². The van der Waals surface area contributed by atoms with Crippen LogP contribution in [0.2, 0.25) is 0 Å². The van der Waals surface area contributed by atoms with Crippen LogP contribution in [0.15, 0.2) is 6.07 Å². The maximum absolute atomic E-state index is 12.8. The molecule has 1 aromatic heterocycles. The highest BCUT2D eigenvalue weighted by Gasteiger charge is 2.34. The van der Waals surface area contributed by atoms with Gasteiger partial charge in [0.15, 0.2) is 5.69 Å². The molecular weight excluding hydrogens is 285 g/mol. The van der Waals surface area contributed by atoms with Crippen molar-refractivity contribution in [3.8, 4) is 0 Å². The van der Waals surface area contributed by atoms with Crippen molar-refractivity contribution >= 4 is 11.8 Å². The van der Waals surface area contributed by atoms with E-state index in [1.807, 2.05) is 0 Å². The molecule has 0 saturated heterocycles. The summed E-state index contributed by atoms with van der Waals surface area (Å²) in [5.41, 5.74) is -0.956. The molecule has 0 aliphatic heterocycles. The number of anilines is 2. The van der Waals surface area contributed by atoms with Crippen LogP contribution in [0.25, 0.3) is 0 Å². The maximum Gasteiger partial charge on any atom is 0.433 e. The number of aromatic nitrogens is 2. The van der Waals surface area contributed by atoms with Crippen molar-refractivity contribution in [1.82, 2.24) is 9.97 Å². The zero-order chi connectivity index (χ0) is 15.5. The van der Waals surface area contributed by atoms with Gasteiger partial charge in [0.2, 0.25) is 5.95 Å². The van der Waals surface area contributed by atoms with Crippen LogP contribution in [0.1, 0.15) is 18.5 Å². The fourth-order valence-corrected chi connectivity index (χ4v) is 1.74. The monoisotopic (exact) mass is 304 g/mol. The minimum Gasteiger partial charge on any atom is -0.379 e. The Morgan fingerprint density at radius 1 is 1.38 bits per heavy atom. The Hall–Kier alpha value is -1.57. The second kappa shape index (κ2) is 6.46. The lowest BCUT2D eigenvalue weighted by Crippen LogP contribution is -2.25. The third kappa shape index (κ3) is 4.73. The van der Waals surface area contributed by atoms with Gasteiger partial charge in [0, 0.05) is 33.3 Å². The lowest BCUT2D eigenvalue weighted by molar-refractivity contribution is -0.141. The van der Waals surface area contributed by atoms with E-state index >= 15 is 0 Å². The minimum absolute atomic E-state index is 0.0504. The Labute approximate surface area is 121 Å². The molecule has 1 N–H and O–H groups in total. The fourth-order valence-electron chi connectivity index (χ4n) is 1.74. The maximum atomic E-state index is 12.8. The van der Waals surface area contributed by atoms with Gasteiger partial charge in [-0.2, -0.15) is 18.2 Å². The first kappa shape index (κ1) is 15.8. The summed E-state index contributed by atoms with van der Waals surface area (Å²) < 4.78 is 43.8. The molecule has 0 atom stereocenters. The van der Waals surface area contributed by atoms with E-state index in [0.717, 1.165) is 12.7 Å². The van der Waals surface area contributed by atoms with Crippen LogP contribution in [0.5, 0.6) is 0 Å². The Kier molecular flexibility index (Phi) is 4.87. The molecular formula is C13H19F3N4O. The van der Waals surface area contributed by atoms with E-state index in [1.54, 1.807) is 11.9 Å². The first-order valence-corrected chi connectivity index (χ1v) is 6.83. The molecule has 8 heteroatoms. The summed E-state index contributed by atoms with van der Waals surface area (Å²) in [5.74, 6) is 0.837.